The maximum atomic E-state index is 12.6. The molecule has 1 amide bonds. The predicted molar refractivity (Wildman–Crippen MR) is 107 cm³/mol. The zero-order chi connectivity index (χ0) is 20.7. The second-order valence-corrected chi connectivity index (χ2v) is 7.92. The summed E-state index contributed by atoms with van der Waals surface area (Å²) in [6, 6.07) is 14.6. The summed E-state index contributed by atoms with van der Waals surface area (Å²) in [5.74, 6) is -1.15. The molecule has 0 fully saturated rings. The summed E-state index contributed by atoms with van der Waals surface area (Å²) in [4.78, 5) is 25.9. The van der Waals surface area contributed by atoms with E-state index in [-0.39, 0.29) is 10.5 Å². The number of hydrogen-bond acceptors (Lipinski definition) is 5. The summed E-state index contributed by atoms with van der Waals surface area (Å²) in [5.41, 5.74) is 0.749. The van der Waals surface area contributed by atoms with Gasteiger partial charge in [-0.2, -0.15) is 4.31 Å². The molecule has 0 unspecified atom stereocenters. The molecule has 0 bridgehead atoms. The minimum absolute atomic E-state index is 0.0124. The number of sulfonamides is 1. The van der Waals surface area contributed by atoms with Crippen LogP contribution in [-0.2, 0) is 19.6 Å². The van der Waals surface area contributed by atoms with Gasteiger partial charge in [0.05, 0.1) is 10.5 Å². The molecule has 0 aromatic heterocycles. The Kier molecular flexibility index (Phi) is 7.31. The Morgan fingerprint density at radius 3 is 2.21 bits per heavy atom. The normalized spacial score (nSPS) is 11.3. The first-order valence-electron chi connectivity index (χ1n) is 8.90. The van der Waals surface area contributed by atoms with Gasteiger partial charge < -0.3 is 9.64 Å². The van der Waals surface area contributed by atoms with E-state index in [0.717, 1.165) is 0 Å². The third-order valence-corrected chi connectivity index (χ3v) is 6.30. The molecule has 0 radical (unpaired) electrons. The molecular formula is C20H24N2O5S. The van der Waals surface area contributed by atoms with E-state index in [1.54, 1.807) is 45.2 Å². The van der Waals surface area contributed by atoms with Crippen LogP contribution in [-0.4, -0.2) is 51.3 Å². The molecule has 0 N–H and O–H groups in total. The highest BCUT2D eigenvalue weighted by Gasteiger charge is 2.23. The summed E-state index contributed by atoms with van der Waals surface area (Å²) < 4.78 is 31.6. The van der Waals surface area contributed by atoms with Gasteiger partial charge in [-0.1, -0.05) is 38.1 Å². The van der Waals surface area contributed by atoms with Crippen molar-refractivity contribution in [1.82, 2.24) is 4.31 Å². The van der Waals surface area contributed by atoms with Crippen molar-refractivity contribution in [3.63, 3.8) is 0 Å². The van der Waals surface area contributed by atoms with Crippen molar-refractivity contribution in [3.8, 4) is 0 Å². The van der Waals surface area contributed by atoms with Crippen LogP contribution >= 0.6 is 0 Å². The van der Waals surface area contributed by atoms with Gasteiger partial charge in [0.2, 0.25) is 10.0 Å². The van der Waals surface area contributed by atoms with Gasteiger partial charge in [-0.25, -0.2) is 13.2 Å². The molecule has 0 atom stereocenters. The van der Waals surface area contributed by atoms with E-state index < -0.39 is 28.5 Å². The largest absolute Gasteiger partial charge is 0.452 e. The van der Waals surface area contributed by atoms with Crippen molar-refractivity contribution in [2.24, 2.45) is 0 Å². The van der Waals surface area contributed by atoms with Gasteiger partial charge >= 0.3 is 5.97 Å². The van der Waals surface area contributed by atoms with E-state index in [9.17, 15) is 18.0 Å². The fourth-order valence-corrected chi connectivity index (χ4v) is 4.10. The quantitative estimate of drug-likeness (QED) is 0.632. The number of likely N-dealkylation sites (N-methyl/N-ethyl adjacent to an activating group) is 1. The van der Waals surface area contributed by atoms with Crippen LogP contribution in [0.1, 0.15) is 24.2 Å². The van der Waals surface area contributed by atoms with Crippen molar-refractivity contribution >= 4 is 27.6 Å². The lowest BCUT2D eigenvalue weighted by Gasteiger charge is -2.19. The van der Waals surface area contributed by atoms with Crippen molar-refractivity contribution in [2.75, 3.05) is 31.6 Å². The monoisotopic (exact) mass is 404 g/mol. The van der Waals surface area contributed by atoms with Crippen LogP contribution in [0.3, 0.4) is 0 Å². The van der Waals surface area contributed by atoms with E-state index in [1.807, 2.05) is 6.07 Å². The standard InChI is InChI=1S/C20H24N2O5S/c1-4-22(5-2)28(25,26)18-13-9-10-16(14-18)20(24)27-15-19(23)21(3)17-11-7-6-8-12-17/h6-14H,4-5,15H2,1-3H3. The molecule has 0 saturated heterocycles. The summed E-state index contributed by atoms with van der Waals surface area (Å²) in [6.07, 6.45) is 0. The van der Waals surface area contributed by atoms with Gasteiger partial charge in [-0.3, -0.25) is 4.79 Å². The van der Waals surface area contributed by atoms with E-state index in [0.29, 0.717) is 18.8 Å². The third-order valence-electron chi connectivity index (χ3n) is 4.26. The van der Waals surface area contributed by atoms with Crippen molar-refractivity contribution in [3.05, 3.63) is 60.2 Å². The Bertz CT molecular complexity index is 925. The van der Waals surface area contributed by atoms with E-state index in [4.69, 9.17) is 4.74 Å². The molecule has 7 nitrogen and oxygen atoms in total. The minimum Gasteiger partial charge on any atom is -0.452 e. The van der Waals surface area contributed by atoms with E-state index >= 15 is 0 Å². The van der Waals surface area contributed by atoms with Crippen LogP contribution in [0.25, 0.3) is 0 Å². The van der Waals surface area contributed by atoms with Crippen molar-refractivity contribution in [2.45, 2.75) is 18.7 Å². The van der Waals surface area contributed by atoms with Crippen LogP contribution in [0, 0.1) is 0 Å². The molecule has 8 heteroatoms. The van der Waals surface area contributed by atoms with E-state index in [2.05, 4.69) is 0 Å². The Hall–Kier alpha value is -2.71. The molecule has 150 valence electrons. The summed E-state index contributed by atoms with van der Waals surface area (Å²) in [6.45, 7) is 3.70. The van der Waals surface area contributed by atoms with Crippen LogP contribution in [0.4, 0.5) is 5.69 Å². The zero-order valence-corrected chi connectivity index (χ0v) is 17.0. The zero-order valence-electron chi connectivity index (χ0n) is 16.2. The molecule has 0 aliphatic carbocycles. The number of amides is 1. The molecule has 0 heterocycles. The van der Waals surface area contributed by atoms with Crippen LogP contribution < -0.4 is 4.90 Å². The van der Waals surface area contributed by atoms with E-state index in [1.165, 1.54) is 33.5 Å². The highest BCUT2D eigenvalue weighted by molar-refractivity contribution is 7.89. The van der Waals surface area contributed by atoms with Gasteiger partial charge in [-0.05, 0) is 30.3 Å². The third kappa shape index (κ3) is 4.96. The fraction of sp³-hybridized carbons (Fsp3) is 0.300. The number of benzene rings is 2. The Balaban J connectivity index is 2.08. The second-order valence-electron chi connectivity index (χ2n) is 5.98. The lowest BCUT2D eigenvalue weighted by molar-refractivity contribution is -0.121. The highest BCUT2D eigenvalue weighted by atomic mass is 32.2. The average Bonchev–Trinajstić information content (AvgIpc) is 2.72. The number of rotatable bonds is 8. The SMILES string of the molecule is CCN(CC)S(=O)(=O)c1cccc(C(=O)OCC(=O)N(C)c2ccccc2)c1. The second kappa shape index (κ2) is 9.48. The lowest BCUT2D eigenvalue weighted by Crippen LogP contribution is -2.31. The maximum Gasteiger partial charge on any atom is 0.338 e. The molecule has 2 rings (SSSR count). The molecule has 0 aliphatic rings. The van der Waals surface area contributed by atoms with Gasteiger partial charge in [-0.15, -0.1) is 0 Å². The van der Waals surface area contributed by atoms with Crippen molar-refractivity contribution < 1.29 is 22.7 Å². The number of anilines is 1. The fourth-order valence-electron chi connectivity index (χ4n) is 2.60. The number of para-hydroxylation sites is 1. The summed E-state index contributed by atoms with van der Waals surface area (Å²) >= 11 is 0. The Labute approximate surface area is 165 Å². The first kappa shape index (κ1) is 21.6. The number of carbonyl (C=O) groups is 2. The Morgan fingerprint density at radius 2 is 1.61 bits per heavy atom. The van der Waals surface area contributed by atoms with Gasteiger partial charge in [0.15, 0.2) is 6.61 Å². The molecule has 2 aromatic rings. The predicted octanol–water partition coefficient (Wildman–Crippen LogP) is 2.54. The average molecular weight is 404 g/mol. The number of hydrogen-bond donors (Lipinski definition) is 0. The number of nitrogens with zero attached hydrogens (tertiary/aromatic N) is 2. The maximum absolute atomic E-state index is 12.6. The molecule has 0 aliphatic heterocycles. The first-order chi connectivity index (χ1) is 13.3. The topological polar surface area (TPSA) is 84.0 Å². The van der Waals surface area contributed by atoms with Gasteiger partial charge in [0.1, 0.15) is 0 Å². The first-order valence-corrected chi connectivity index (χ1v) is 10.3. The summed E-state index contributed by atoms with van der Waals surface area (Å²) in [5, 5.41) is 0. The van der Waals surface area contributed by atoms with Crippen LogP contribution in [0.15, 0.2) is 59.5 Å². The van der Waals surface area contributed by atoms with Crippen LogP contribution in [0.2, 0.25) is 0 Å². The molecule has 28 heavy (non-hydrogen) atoms. The minimum atomic E-state index is -3.69. The highest BCUT2D eigenvalue weighted by Crippen LogP contribution is 2.18. The lowest BCUT2D eigenvalue weighted by atomic mass is 10.2. The molecule has 0 spiro atoms. The molecule has 0 saturated carbocycles. The van der Waals surface area contributed by atoms with Gasteiger partial charge in [0, 0.05) is 25.8 Å². The number of esters is 1. The number of carbonyl (C=O) groups excluding carboxylic acids is 2. The van der Waals surface area contributed by atoms with Crippen molar-refractivity contribution in [1.29, 1.82) is 0 Å². The Morgan fingerprint density at radius 1 is 0.964 bits per heavy atom. The molecular weight excluding hydrogens is 380 g/mol. The smallest absolute Gasteiger partial charge is 0.338 e. The summed E-state index contributed by atoms with van der Waals surface area (Å²) in [7, 11) is -2.10. The van der Waals surface area contributed by atoms with Gasteiger partial charge in [0.25, 0.3) is 5.91 Å². The van der Waals surface area contributed by atoms with Crippen LogP contribution in [0.5, 0.6) is 0 Å². The molecule has 2 aromatic carbocycles. The number of ether oxygens (including phenoxy) is 1.